The molecule has 1 aliphatic heterocycles. The summed E-state index contributed by atoms with van der Waals surface area (Å²) in [6, 6.07) is 7.98. The third-order valence-electron chi connectivity index (χ3n) is 4.97. The van der Waals surface area contributed by atoms with Crippen molar-refractivity contribution >= 4 is 16.1 Å². The third kappa shape index (κ3) is 3.03. The van der Waals surface area contributed by atoms with E-state index in [0.717, 1.165) is 37.2 Å². The molecule has 2 aromatic rings. The molecule has 2 aliphatic rings. The number of sulfonamides is 1. The van der Waals surface area contributed by atoms with Crippen molar-refractivity contribution in [2.24, 2.45) is 5.92 Å². The lowest BCUT2D eigenvalue weighted by Gasteiger charge is -2.24. The Morgan fingerprint density at radius 2 is 2.12 bits per heavy atom. The van der Waals surface area contributed by atoms with E-state index in [1.54, 1.807) is 0 Å². The summed E-state index contributed by atoms with van der Waals surface area (Å²) in [5.41, 5.74) is 2.24. The number of hydrogen-bond donors (Lipinski definition) is 1. The Balaban J connectivity index is 1.44. The fourth-order valence-corrected chi connectivity index (χ4v) is 4.82. The van der Waals surface area contributed by atoms with Gasteiger partial charge < -0.3 is 4.57 Å². The number of hydrogen-bond acceptors (Lipinski definition) is 3. The molecule has 126 valence electrons. The minimum absolute atomic E-state index is 0.311. The van der Waals surface area contributed by atoms with E-state index in [9.17, 15) is 8.42 Å². The van der Waals surface area contributed by atoms with E-state index >= 15 is 0 Å². The normalized spacial score (nSPS) is 20.2. The zero-order chi connectivity index (χ0) is 16.6. The molecule has 4 rings (SSSR count). The van der Waals surface area contributed by atoms with Crippen LogP contribution < -0.4 is 4.72 Å². The summed E-state index contributed by atoms with van der Waals surface area (Å²) in [4.78, 5) is 4.84. The fourth-order valence-electron chi connectivity index (χ4n) is 3.53. The van der Waals surface area contributed by atoms with Crippen molar-refractivity contribution in [3.05, 3.63) is 58.5 Å². The van der Waals surface area contributed by atoms with Gasteiger partial charge in [-0.25, -0.2) is 18.1 Å². The van der Waals surface area contributed by atoms with Crippen molar-refractivity contribution in [3.63, 3.8) is 0 Å². The van der Waals surface area contributed by atoms with Crippen LogP contribution in [0.4, 0.5) is 0 Å². The van der Waals surface area contributed by atoms with Crippen LogP contribution in [0.3, 0.4) is 0 Å². The highest BCUT2D eigenvalue weighted by atomic mass is 32.2. The molecule has 1 aromatic carbocycles. The lowest BCUT2D eigenvalue weighted by molar-refractivity contribution is 0.380. The number of rotatable bonds is 4. The van der Waals surface area contributed by atoms with Crippen LogP contribution in [0.1, 0.15) is 29.8 Å². The zero-order valence-electron chi connectivity index (χ0n) is 13.5. The number of aryl methyl sites for hydroxylation is 2. The predicted molar refractivity (Wildman–Crippen MR) is 93.7 cm³/mol. The molecule has 1 atom stereocenters. The molecular weight excluding hydrogens is 322 g/mol. The Morgan fingerprint density at radius 1 is 1.25 bits per heavy atom. The Labute approximate surface area is 142 Å². The summed E-state index contributed by atoms with van der Waals surface area (Å²) in [6.07, 6.45) is 8.78. The third-order valence-corrected chi connectivity index (χ3v) is 6.53. The number of nitrogens with zero attached hydrogens (tertiary/aromatic N) is 2. The summed E-state index contributed by atoms with van der Waals surface area (Å²) < 4.78 is 30.2. The Bertz CT molecular complexity index is 883. The molecule has 1 N–H and O–H groups in total. The van der Waals surface area contributed by atoms with E-state index in [1.807, 2.05) is 36.7 Å². The second-order valence-electron chi connectivity index (χ2n) is 6.56. The molecule has 24 heavy (non-hydrogen) atoms. The highest BCUT2D eigenvalue weighted by molar-refractivity contribution is 7.93. The molecule has 0 amide bonds. The first-order valence-electron chi connectivity index (χ1n) is 8.40. The van der Waals surface area contributed by atoms with Gasteiger partial charge in [0.1, 0.15) is 5.82 Å². The van der Waals surface area contributed by atoms with Gasteiger partial charge in [0, 0.05) is 31.9 Å². The molecule has 1 aromatic heterocycles. The Hall–Kier alpha value is -1.92. The fraction of sp³-hybridized carbons (Fsp3) is 0.389. The van der Waals surface area contributed by atoms with Gasteiger partial charge in [-0.2, -0.15) is 0 Å². The lowest BCUT2D eigenvalue weighted by atomic mass is 9.98. The highest BCUT2D eigenvalue weighted by Gasteiger charge is 2.24. The van der Waals surface area contributed by atoms with Crippen molar-refractivity contribution in [3.8, 4) is 0 Å². The van der Waals surface area contributed by atoms with Crippen LogP contribution in [0.2, 0.25) is 0 Å². The second kappa shape index (κ2) is 6.18. The minimum atomic E-state index is -3.41. The Morgan fingerprint density at radius 3 is 3.04 bits per heavy atom. The van der Waals surface area contributed by atoms with Gasteiger partial charge >= 0.3 is 0 Å². The predicted octanol–water partition coefficient (Wildman–Crippen LogP) is 2.35. The minimum Gasteiger partial charge on any atom is -0.335 e. The van der Waals surface area contributed by atoms with Crippen molar-refractivity contribution in [2.45, 2.75) is 32.2 Å². The number of aromatic nitrogens is 2. The molecule has 0 fully saturated rings. The molecule has 1 aliphatic carbocycles. The standard InChI is InChI=1S/C18H21N3O2S/c22-24(23,17-6-5-15-3-1-2-4-16(15)12-17)20-13-14-7-9-21-10-8-19-18(21)11-14/h1-4,8,10,12,14,20H,5-7,9,11,13H2/t14-/m0/s1. The van der Waals surface area contributed by atoms with Crippen molar-refractivity contribution < 1.29 is 8.42 Å². The maximum absolute atomic E-state index is 12.6. The van der Waals surface area contributed by atoms with Gasteiger partial charge in [0.05, 0.1) is 4.91 Å². The first kappa shape index (κ1) is 15.6. The number of benzene rings is 1. The van der Waals surface area contributed by atoms with Gasteiger partial charge in [0.15, 0.2) is 0 Å². The molecule has 6 heteroatoms. The first-order chi connectivity index (χ1) is 11.6. The quantitative estimate of drug-likeness (QED) is 0.927. The summed E-state index contributed by atoms with van der Waals surface area (Å²) >= 11 is 0. The molecule has 0 spiro atoms. The molecule has 0 bridgehead atoms. The maximum Gasteiger partial charge on any atom is 0.236 e. The maximum atomic E-state index is 12.6. The lowest BCUT2D eigenvalue weighted by Crippen LogP contribution is -2.34. The van der Waals surface area contributed by atoms with E-state index in [4.69, 9.17) is 0 Å². The van der Waals surface area contributed by atoms with Gasteiger partial charge in [-0.1, -0.05) is 24.3 Å². The van der Waals surface area contributed by atoms with E-state index in [-0.39, 0.29) is 0 Å². The topological polar surface area (TPSA) is 64.0 Å². The molecular formula is C18H21N3O2S. The van der Waals surface area contributed by atoms with Crippen LogP contribution in [0.25, 0.3) is 6.08 Å². The Kier molecular flexibility index (Phi) is 4.02. The van der Waals surface area contributed by atoms with E-state index in [0.29, 0.717) is 23.8 Å². The molecule has 0 saturated carbocycles. The van der Waals surface area contributed by atoms with Gasteiger partial charge in [0.25, 0.3) is 0 Å². The number of allylic oxidation sites excluding steroid dienone is 1. The summed E-state index contributed by atoms with van der Waals surface area (Å²) in [5, 5.41) is 0. The number of nitrogens with one attached hydrogen (secondary N) is 1. The van der Waals surface area contributed by atoms with Gasteiger partial charge in [-0.05, 0) is 42.4 Å². The number of fused-ring (bicyclic) bond motifs is 2. The first-order valence-corrected chi connectivity index (χ1v) is 9.88. The summed E-state index contributed by atoms with van der Waals surface area (Å²) in [7, 11) is -3.41. The second-order valence-corrected chi connectivity index (χ2v) is 8.38. The average Bonchev–Trinajstić information content (AvgIpc) is 3.07. The van der Waals surface area contributed by atoms with E-state index in [2.05, 4.69) is 20.3 Å². The summed E-state index contributed by atoms with van der Waals surface area (Å²) in [6.45, 7) is 1.39. The SMILES string of the molecule is O=S(=O)(NC[C@H]1CCn2ccnc2C1)C1=Cc2ccccc2CC1. The number of imidazole rings is 1. The van der Waals surface area contributed by atoms with E-state index in [1.165, 1.54) is 5.56 Å². The smallest absolute Gasteiger partial charge is 0.236 e. The molecule has 0 radical (unpaired) electrons. The molecule has 2 heterocycles. The largest absolute Gasteiger partial charge is 0.335 e. The van der Waals surface area contributed by atoms with Crippen molar-refractivity contribution in [1.82, 2.24) is 14.3 Å². The zero-order valence-corrected chi connectivity index (χ0v) is 14.3. The van der Waals surface area contributed by atoms with Crippen LogP contribution in [0.15, 0.2) is 41.6 Å². The van der Waals surface area contributed by atoms with Crippen molar-refractivity contribution in [2.75, 3.05) is 6.54 Å². The van der Waals surface area contributed by atoms with Crippen LogP contribution in [0.5, 0.6) is 0 Å². The van der Waals surface area contributed by atoms with Gasteiger partial charge in [-0.15, -0.1) is 0 Å². The van der Waals surface area contributed by atoms with Gasteiger partial charge in [-0.3, -0.25) is 0 Å². The van der Waals surface area contributed by atoms with Crippen LogP contribution in [0, 0.1) is 5.92 Å². The van der Waals surface area contributed by atoms with Gasteiger partial charge in [0.2, 0.25) is 10.0 Å². The molecule has 0 unspecified atom stereocenters. The highest BCUT2D eigenvalue weighted by Crippen LogP contribution is 2.27. The van der Waals surface area contributed by atoms with Crippen molar-refractivity contribution in [1.29, 1.82) is 0 Å². The van der Waals surface area contributed by atoms with Crippen LogP contribution in [-0.2, 0) is 29.4 Å². The monoisotopic (exact) mass is 343 g/mol. The summed E-state index contributed by atoms with van der Waals surface area (Å²) in [5.74, 6) is 1.36. The van der Waals surface area contributed by atoms with Crippen LogP contribution in [-0.4, -0.2) is 24.5 Å². The molecule has 0 saturated heterocycles. The van der Waals surface area contributed by atoms with Crippen LogP contribution >= 0.6 is 0 Å². The molecule has 5 nitrogen and oxygen atoms in total. The van der Waals surface area contributed by atoms with E-state index < -0.39 is 10.0 Å². The average molecular weight is 343 g/mol.